The second-order valence-corrected chi connectivity index (χ2v) is 4.32. The summed E-state index contributed by atoms with van der Waals surface area (Å²) in [4.78, 5) is 63.3. The summed E-state index contributed by atoms with van der Waals surface area (Å²) in [6.07, 6.45) is 0. The third-order valence-electron chi connectivity index (χ3n) is 3.33. The molecule has 0 aromatic carbocycles. The molecular formula is C10H4O12. The third-order valence-corrected chi connectivity index (χ3v) is 3.33. The van der Waals surface area contributed by atoms with Crippen LogP contribution < -0.4 is 0 Å². The first kappa shape index (κ1) is 13.8. The molecule has 0 radical (unpaired) electrons. The summed E-state index contributed by atoms with van der Waals surface area (Å²) in [5.74, 6) is -10.1. The maximum atomic E-state index is 11.5. The van der Waals surface area contributed by atoms with E-state index in [4.69, 9.17) is 10.2 Å². The van der Waals surface area contributed by atoms with E-state index in [1.807, 2.05) is 0 Å². The molecule has 5 aliphatic rings. The molecular weight excluding hydrogens is 312 g/mol. The fourth-order valence-corrected chi connectivity index (χ4v) is 2.44. The Hall–Kier alpha value is -3.12. The predicted molar refractivity (Wildman–Crippen MR) is 54.4 cm³/mol. The fraction of sp³-hybridized carbons (Fsp3) is 0.200. The zero-order valence-electron chi connectivity index (χ0n) is 10.1. The molecule has 0 aromatic rings. The molecule has 5 rings (SSSR count). The van der Waals surface area contributed by atoms with Gasteiger partial charge in [0.2, 0.25) is 11.5 Å². The van der Waals surface area contributed by atoms with Crippen molar-refractivity contribution in [3.05, 3.63) is 22.7 Å². The van der Waals surface area contributed by atoms with Crippen LogP contribution in [0.1, 0.15) is 0 Å². The monoisotopic (exact) mass is 316 g/mol. The molecule has 2 atom stereocenters. The van der Waals surface area contributed by atoms with Gasteiger partial charge in [0.05, 0.1) is 0 Å². The Kier molecular flexibility index (Phi) is 2.36. The molecule has 12 heteroatoms. The Morgan fingerprint density at radius 3 is 1.23 bits per heavy atom. The summed E-state index contributed by atoms with van der Waals surface area (Å²) in [5, 5.41) is 36.9. The molecule has 2 unspecified atom stereocenters. The number of carbonyl (C=O) groups is 4. The van der Waals surface area contributed by atoms with Crippen LogP contribution in [0.3, 0.4) is 0 Å². The van der Waals surface area contributed by atoms with Crippen molar-refractivity contribution in [2.24, 2.45) is 0 Å². The van der Waals surface area contributed by atoms with Crippen molar-refractivity contribution in [1.29, 1.82) is 0 Å². The molecule has 0 saturated carbocycles. The van der Waals surface area contributed by atoms with Crippen molar-refractivity contribution in [1.82, 2.24) is 0 Å². The number of hydrogen-bond acceptors (Lipinski definition) is 8. The zero-order valence-corrected chi connectivity index (χ0v) is 10.1. The predicted octanol–water partition coefficient (Wildman–Crippen LogP) is -1.75. The largest absolute Gasteiger partial charge is 0.478 e. The SMILES string of the molecule is O=C(O)C1=C2OOC3=C(C(=O)O)C2(C(=O)O)OOC31C(=O)O. The average Bonchev–Trinajstić information content (AvgIpc) is 2.44. The van der Waals surface area contributed by atoms with E-state index < -0.39 is 57.7 Å². The maximum absolute atomic E-state index is 11.5. The summed E-state index contributed by atoms with van der Waals surface area (Å²) in [7, 11) is 0. The Bertz CT molecular complexity index is 666. The average molecular weight is 316 g/mol. The van der Waals surface area contributed by atoms with Gasteiger partial charge in [0.15, 0.2) is 0 Å². The van der Waals surface area contributed by atoms with Gasteiger partial charge in [-0.05, 0) is 0 Å². The molecule has 0 aromatic heterocycles. The smallest absolute Gasteiger partial charge is 0.352 e. The molecule has 4 N–H and O–H groups in total. The molecule has 4 heterocycles. The lowest BCUT2D eigenvalue weighted by Gasteiger charge is -2.49. The summed E-state index contributed by atoms with van der Waals surface area (Å²) >= 11 is 0. The normalized spacial score (nSPS) is 31.6. The molecule has 0 amide bonds. The highest BCUT2D eigenvalue weighted by Gasteiger charge is 2.78. The van der Waals surface area contributed by atoms with Crippen LogP contribution >= 0.6 is 0 Å². The van der Waals surface area contributed by atoms with Gasteiger partial charge in [-0.15, -0.1) is 0 Å². The lowest BCUT2D eigenvalue weighted by atomic mass is 9.72. The Morgan fingerprint density at radius 2 is 1.00 bits per heavy atom. The lowest BCUT2D eigenvalue weighted by molar-refractivity contribution is -0.444. The number of carboxylic acid groups (broad SMARTS) is 4. The fourth-order valence-electron chi connectivity index (χ4n) is 2.44. The number of rotatable bonds is 4. The first-order valence-electron chi connectivity index (χ1n) is 5.36. The molecule has 12 nitrogen and oxygen atoms in total. The molecule has 22 heavy (non-hydrogen) atoms. The molecule has 0 saturated heterocycles. The van der Waals surface area contributed by atoms with Gasteiger partial charge in [0.1, 0.15) is 11.1 Å². The van der Waals surface area contributed by atoms with Crippen molar-refractivity contribution in [2.45, 2.75) is 11.2 Å². The summed E-state index contributed by atoms with van der Waals surface area (Å²) < 4.78 is 0. The van der Waals surface area contributed by atoms with Gasteiger partial charge in [0.25, 0.3) is 11.2 Å². The van der Waals surface area contributed by atoms with Gasteiger partial charge in [-0.25, -0.2) is 29.0 Å². The van der Waals surface area contributed by atoms with Crippen molar-refractivity contribution in [3.63, 3.8) is 0 Å². The van der Waals surface area contributed by atoms with Crippen LogP contribution in [0.4, 0.5) is 0 Å². The number of carboxylic acids is 4. The molecule has 0 spiro atoms. The summed E-state index contributed by atoms with van der Waals surface area (Å²) in [5.41, 5.74) is -8.27. The van der Waals surface area contributed by atoms with E-state index in [1.54, 1.807) is 0 Å². The lowest BCUT2D eigenvalue weighted by Crippen LogP contribution is -2.68. The van der Waals surface area contributed by atoms with Crippen LogP contribution in [0.2, 0.25) is 0 Å². The van der Waals surface area contributed by atoms with Crippen LogP contribution in [0.15, 0.2) is 22.7 Å². The Balaban J connectivity index is 2.48. The van der Waals surface area contributed by atoms with Crippen LogP contribution in [0, 0.1) is 0 Å². The molecule has 116 valence electrons. The van der Waals surface area contributed by atoms with Crippen LogP contribution in [-0.4, -0.2) is 55.5 Å². The summed E-state index contributed by atoms with van der Waals surface area (Å²) in [6, 6.07) is 0. The Labute approximate surface area is 118 Å². The highest BCUT2D eigenvalue weighted by Crippen LogP contribution is 2.57. The minimum atomic E-state index is -2.98. The quantitative estimate of drug-likeness (QED) is 0.429. The van der Waals surface area contributed by atoms with Gasteiger partial charge in [0, 0.05) is 0 Å². The third kappa shape index (κ3) is 1.15. The molecule has 4 aliphatic heterocycles. The van der Waals surface area contributed by atoms with Gasteiger partial charge < -0.3 is 20.4 Å². The number of fused-ring (bicyclic) bond motifs is 2. The van der Waals surface area contributed by atoms with Crippen LogP contribution in [-0.2, 0) is 38.7 Å². The van der Waals surface area contributed by atoms with Crippen molar-refractivity contribution in [3.8, 4) is 0 Å². The highest BCUT2D eigenvalue weighted by molar-refractivity contribution is 6.11. The van der Waals surface area contributed by atoms with Crippen molar-refractivity contribution >= 4 is 23.9 Å². The van der Waals surface area contributed by atoms with Gasteiger partial charge in [-0.1, -0.05) is 0 Å². The van der Waals surface area contributed by atoms with Crippen molar-refractivity contribution in [2.75, 3.05) is 0 Å². The maximum Gasteiger partial charge on any atom is 0.352 e. The van der Waals surface area contributed by atoms with Gasteiger partial charge >= 0.3 is 23.9 Å². The minimum Gasteiger partial charge on any atom is -0.478 e. The molecule has 0 fully saturated rings. The first-order valence-corrected chi connectivity index (χ1v) is 5.36. The van der Waals surface area contributed by atoms with E-state index >= 15 is 0 Å². The first-order chi connectivity index (χ1) is 10.2. The standard InChI is InChI=1S/C10H4O12/c11-5(12)1-3-10(8(17)18)2(6(13)14)4(20-19-3)9(1,7(15)16)21-22-10/h(H,11,12)(H,13,14)(H,15,16)(H,17,18). The number of hydrogen-bond donors (Lipinski definition) is 4. The Morgan fingerprint density at radius 1 is 0.682 bits per heavy atom. The highest BCUT2D eigenvalue weighted by atomic mass is 17.3. The van der Waals surface area contributed by atoms with Gasteiger partial charge in [-0.2, -0.15) is 0 Å². The van der Waals surface area contributed by atoms with Crippen LogP contribution in [0.25, 0.3) is 0 Å². The second-order valence-electron chi connectivity index (χ2n) is 4.32. The van der Waals surface area contributed by atoms with Crippen molar-refractivity contribution < 1.29 is 59.2 Å². The van der Waals surface area contributed by atoms with E-state index in [0.717, 1.165) is 0 Å². The van der Waals surface area contributed by atoms with E-state index in [1.165, 1.54) is 0 Å². The zero-order chi connectivity index (χ0) is 16.4. The molecule has 4 bridgehead atoms. The van der Waals surface area contributed by atoms with Crippen LogP contribution in [0.5, 0.6) is 0 Å². The topological polar surface area (TPSA) is 186 Å². The second kappa shape index (κ2) is 3.75. The van der Waals surface area contributed by atoms with E-state index in [2.05, 4.69) is 19.6 Å². The minimum absolute atomic E-state index is 1.14. The van der Waals surface area contributed by atoms with E-state index in [-0.39, 0.29) is 0 Å². The van der Waals surface area contributed by atoms with Gasteiger partial charge in [-0.3, -0.25) is 9.78 Å². The van der Waals surface area contributed by atoms with E-state index in [9.17, 15) is 29.4 Å². The number of aliphatic carboxylic acids is 4. The van der Waals surface area contributed by atoms with E-state index in [0.29, 0.717) is 0 Å². The molecule has 1 aliphatic carbocycles. The summed E-state index contributed by atoms with van der Waals surface area (Å²) in [6.45, 7) is 0.